The minimum Gasteiger partial charge on any atom is -0.434 e. The summed E-state index contributed by atoms with van der Waals surface area (Å²) in [5, 5.41) is 6.59. The predicted octanol–water partition coefficient (Wildman–Crippen LogP) is 2.88. The Morgan fingerprint density at radius 2 is 2.32 bits per heavy atom. The molecule has 1 aromatic heterocycles. The zero-order chi connectivity index (χ0) is 13.0. The number of ether oxygens (including phenoxy) is 1. The normalized spacial score (nSPS) is 22.8. The maximum Gasteiger partial charge on any atom is 0.285 e. The Balaban J connectivity index is 1.75. The molecule has 0 radical (unpaired) electrons. The number of aromatic nitrogens is 2. The summed E-state index contributed by atoms with van der Waals surface area (Å²) in [6.45, 7) is 0. The summed E-state index contributed by atoms with van der Waals surface area (Å²) in [6.07, 6.45) is 2.36. The van der Waals surface area contributed by atoms with Crippen LogP contribution in [0.2, 0.25) is 5.15 Å². The molecule has 1 saturated carbocycles. The molecule has 1 aromatic carbocycles. The number of H-pyrrole nitrogens is 1. The number of halogens is 1. The highest BCUT2D eigenvalue weighted by Crippen LogP contribution is 2.59. The van der Waals surface area contributed by atoms with Crippen LogP contribution in [0.5, 0.6) is 11.6 Å². The van der Waals surface area contributed by atoms with Gasteiger partial charge in [-0.25, -0.2) is 0 Å². The zero-order valence-corrected chi connectivity index (χ0v) is 10.8. The fraction of sp³-hybridized carbons (Fsp3) is 0.286. The molecule has 1 N–H and O–H groups in total. The van der Waals surface area contributed by atoms with Crippen LogP contribution in [-0.4, -0.2) is 10.2 Å². The fourth-order valence-electron chi connectivity index (χ4n) is 2.93. The van der Waals surface area contributed by atoms with Gasteiger partial charge in [0.25, 0.3) is 5.88 Å². The lowest BCUT2D eigenvalue weighted by Crippen LogP contribution is -2.08. The SMILES string of the molecule is O=c1cc(Cl)[nH]nc1Oc1cccc2c1C1CC1C2. The van der Waals surface area contributed by atoms with Crippen LogP contribution in [0.15, 0.2) is 29.1 Å². The van der Waals surface area contributed by atoms with E-state index in [0.29, 0.717) is 5.92 Å². The second-order valence-corrected chi connectivity index (χ2v) is 5.53. The number of benzene rings is 1. The third-order valence-electron chi connectivity index (χ3n) is 3.87. The van der Waals surface area contributed by atoms with E-state index in [-0.39, 0.29) is 16.5 Å². The maximum atomic E-state index is 11.7. The first kappa shape index (κ1) is 11.1. The Kier molecular flexibility index (Phi) is 2.23. The molecule has 4 nitrogen and oxygen atoms in total. The Morgan fingerprint density at radius 3 is 3.16 bits per heavy atom. The second kappa shape index (κ2) is 3.84. The van der Waals surface area contributed by atoms with E-state index < -0.39 is 0 Å². The van der Waals surface area contributed by atoms with Gasteiger partial charge in [0.15, 0.2) is 0 Å². The summed E-state index contributed by atoms with van der Waals surface area (Å²) in [5.41, 5.74) is 2.28. The Morgan fingerprint density at radius 1 is 1.42 bits per heavy atom. The van der Waals surface area contributed by atoms with Crippen molar-refractivity contribution in [2.45, 2.75) is 18.8 Å². The number of hydrogen-bond acceptors (Lipinski definition) is 3. The molecule has 1 heterocycles. The van der Waals surface area contributed by atoms with Crippen LogP contribution >= 0.6 is 11.6 Å². The van der Waals surface area contributed by atoms with E-state index in [1.807, 2.05) is 12.1 Å². The lowest BCUT2D eigenvalue weighted by molar-refractivity contribution is 0.445. The number of aromatic amines is 1. The molecule has 4 rings (SSSR count). The van der Waals surface area contributed by atoms with Crippen LogP contribution in [0, 0.1) is 5.92 Å². The van der Waals surface area contributed by atoms with Gasteiger partial charge in [-0.1, -0.05) is 23.7 Å². The van der Waals surface area contributed by atoms with E-state index in [9.17, 15) is 4.79 Å². The van der Waals surface area contributed by atoms with Crippen LogP contribution in [-0.2, 0) is 6.42 Å². The number of nitrogens with zero attached hydrogens (tertiary/aromatic N) is 1. The van der Waals surface area contributed by atoms with Gasteiger partial charge in [0.1, 0.15) is 10.9 Å². The van der Waals surface area contributed by atoms with Gasteiger partial charge in [-0.15, -0.1) is 5.10 Å². The van der Waals surface area contributed by atoms with Crippen molar-refractivity contribution in [3.05, 3.63) is 50.8 Å². The molecule has 0 saturated heterocycles. The van der Waals surface area contributed by atoms with Gasteiger partial charge < -0.3 is 4.74 Å². The van der Waals surface area contributed by atoms with E-state index in [1.165, 1.54) is 23.6 Å². The molecule has 5 heteroatoms. The summed E-state index contributed by atoms with van der Waals surface area (Å²) < 4.78 is 5.69. The highest BCUT2D eigenvalue weighted by Gasteiger charge is 2.46. The summed E-state index contributed by atoms with van der Waals surface area (Å²) >= 11 is 5.67. The smallest absolute Gasteiger partial charge is 0.285 e. The number of rotatable bonds is 2. The quantitative estimate of drug-likeness (QED) is 0.916. The average Bonchev–Trinajstić information content (AvgIpc) is 3.04. The minimum atomic E-state index is -0.313. The summed E-state index contributed by atoms with van der Waals surface area (Å²) in [7, 11) is 0. The van der Waals surface area contributed by atoms with E-state index in [1.54, 1.807) is 0 Å². The van der Waals surface area contributed by atoms with Gasteiger partial charge in [-0.05, 0) is 36.3 Å². The van der Waals surface area contributed by atoms with Gasteiger partial charge in [0.05, 0.1) is 0 Å². The monoisotopic (exact) mass is 274 g/mol. The number of fused-ring (bicyclic) bond motifs is 3. The lowest BCUT2D eigenvalue weighted by Gasteiger charge is -2.10. The van der Waals surface area contributed by atoms with Crippen LogP contribution in [0.4, 0.5) is 0 Å². The highest BCUT2D eigenvalue weighted by atomic mass is 35.5. The average molecular weight is 275 g/mol. The Hall–Kier alpha value is -1.81. The topological polar surface area (TPSA) is 55.0 Å². The van der Waals surface area contributed by atoms with Crippen molar-refractivity contribution in [2.24, 2.45) is 5.92 Å². The molecule has 0 bridgehead atoms. The second-order valence-electron chi connectivity index (χ2n) is 5.12. The maximum absolute atomic E-state index is 11.7. The molecule has 2 unspecified atom stereocenters. The van der Waals surface area contributed by atoms with E-state index in [0.717, 1.165) is 18.1 Å². The summed E-state index contributed by atoms with van der Waals surface area (Å²) in [4.78, 5) is 11.7. The summed E-state index contributed by atoms with van der Waals surface area (Å²) in [5.74, 6) is 2.18. The van der Waals surface area contributed by atoms with Gasteiger partial charge >= 0.3 is 0 Å². The Bertz CT molecular complexity index is 726. The largest absolute Gasteiger partial charge is 0.434 e. The van der Waals surface area contributed by atoms with Gasteiger partial charge in [0, 0.05) is 11.6 Å². The first-order chi connectivity index (χ1) is 9.22. The molecule has 1 fully saturated rings. The van der Waals surface area contributed by atoms with Crippen LogP contribution < -0.4 is 10.2 Å². The molecule has 2 aliphatic rings. The third kappa shape index (κ3) is 1.75. The molecule has 0 spiro atoms. The third-order valence-corrected chi connectivity index (χ3v) is 4.07. The molecule has 2 atom stereocenters. The molecule has 2 aromatic rings. The molecule has 0 aliphatic heterocycles. The number of nitrogens with one attached hydrogen (secondary N) is 1. The van der Waals surface area contributed by atoms with Crippen molar-refractivity contribution >= 4 is 11.6 Å². The van der Waals surface area contributed by atoms with Crippen molar-refractivity contribution in [3.63, 3.8) is 0 Å². The van der Waals surface area contributed by atoms with Crippen molar-refractivity contribution in [1.29, 1.82) is 0 Å². The zero-order valence-electron chi connectivity index (χ0n) is 10.0. The fourth-order valence-corrected chi connectivity index (χ4v) is 3.07. The molecular formula is C14H11ClN2O2. The molecule has 96 valence electrons. The van der Waals surface area contributed by atoms with Gasteiger partial charge in [-0.2, -0.15) is 0 Å². The van der Waals surface area contributed by atoms with E-state index in [4.69, 9.17) is 16.3 Å². The first-order valence-electron chi connectivity index (χ1n) is 6.27. The van der Waals surface area contributed by atoms with Crippen molar-refractivity contribution < 1.29 is 4.74 Å². The van der Waals surface area contributed by atoms with Crippen LogP contribution in [0.3, 0.4) is 0 Å². The van der Waals surface area contributed by atoms with Crippen molar-refractivity contribution in [2.75, 3.05) is 0 Å². The lowest BCUT2D eigenvalue weighted by atomic mass is 10.1. The highest BCUT2D eigenvalue weighted by molar-refractivity contribution is 6.29. The van der Waals surface area contributed by atoms with Gasteiger partial charge in [0.2, 0.25) is 5.43 Å². The first-order valence-corrected chi connectivity index (χ1v) is 6.65. The minimum absolute atomic E-state index is 0.0434. The van der Waals surface area contributed by atoms with Gasteiger partial charge in [-0.3, -0.25) is 9.89 Å². The molecule has 0 amide bonds. The molecule has 2 aliphatic carbocycles. The molecular weight excluding hydrogens is 264 g/mol. The summed E-state index contributed by atoms with van der Waals surface area (Å²) in [6, 6.07) is 7.26. The molecule has 19 heavy (non-hydrogen) atoms. The van der Waals surface area contributed by atoms with Crippen molar-refractivity contribution in [1.82, 2.24) is 10.2 Å². The van der Waals surface area contributed by atoms with Crippen molar-refractivity contribution in [3.8, 4) is 11.6 Å². The van der Waals surface area contributed by atoms with Crippen LogP contribution in [0.25, 0.3) is 0 Å². The van der Waals surface area contributed by atoms with E-state index >= 15 is 0 Å². The number of hydrogen-bond donors (Lipinski definition) is 1. The Labute approximate surface area is 114 Å². The predicted molar refractivity (Wildman–Crippen MR) is 70.9 cm³/mol. The standard InChI is InChI=1S/C14H11ClN2O2/c15-12-6-10(18)14(17-16-12)19-11-3-1-2-7-4-8-5-9(8)13(7)11/h1-3,6,8-9H,4-5H2,(H,16,18). The van der Waals surface area contributed by atoms with Crippen LogP contribution in [0.1, 0.15) is 23.5 Å². The van der Waals surface area contributed by atoms with E-state index in [2.05, 4.69) is 16.3 Å².